The molecule has 6 heteroatoms. The largest absolute Gasteiger partial charge is 0.297 e. The van der Waals surface area contributed by atoms with Crippen molar-refractivity contribution < 1.29 is 9.59 Å². The van der Waals surface area contributed by atoms with Gasteiger partial charge in [0, 0.05) is 31.0 Å². The first-order chi connectivity index (χ1) is 13.8. The van der Waals surface area contributed by atoms with Crippen LogP contribution >= 0.6 is 0 Å². The number of piperidine rings is 1. The van der Waals surface area contributed by atoms with E-state index in [-0.39, 0.29) is 11.8 Å². The summed E-state index contributed by atoms with van der Waals surface area (Å²) in [5.41, 5.74) is 7.37. The van der Waals surface area contributed by atoms with E-state index in [1.807, 2.05) is 51.4 Å². The van der Waals surface area contributed by atoms with E-state index in [4.69, 9.17) is 0 Å². The minimum atomic E-state index is -0.499. The van der Waals surface area contributed by atoms with Gasteiger partial charge in [-0.1, -0.05) is 23.3 Å². The molecule has 2 aromatic rings. The van der Waals surface area contributed by atoms with Gasteiger partial charge in [0.05, 0.1) is 12.0 Å². The third kappa shape index (κ3) is 4.03. The molecule has 1 unspecified atom stereocenters. The second-order valence-corrected chi connectivity index (χ2v) is 8.64. The highest BCUT2D eigenvalue weighted by molar-refractivity contribution is 5.98. The predicted octanol–water partition coefficient (Wildman–Crippen LogP) is 2.92. The van der Waals surface area contributed by atoms with E-state index in [9.17, 15) is 9.59 Å². The van der Waals surface area contributed by atoms with Crippen molar-refractivity contribution in [1.82, 2.24) is 20.3 Å². The van der Waals surface area contributed by atoms with Crippen LogP contribution < -0.4 is 5.43 Å². The zero-order valence-electron chi connectivity index (χ0n) is 17.4. The van der Waals surface area contributed by atoms with Crippen LogP contribution in [0.5, 0.6) is 0 Å². The lowest BCUT2D eigenvalue weighted by Gasteiger charge is -2.44. The Balaban J connectivity index is 1.58. The molecule has 1 spiro atoms. The van der Waals surface area contributed by atoms with E-state index < -0.39 is 5.54 Å². The van der Waals surface area contributed by atoms with E-state index in [0.717, 1.165) is 48.2 Å². The fourth-order valence-electron chi connectivity index (χ4n) is 4.78. The molecule has 0 radical (unpaired) electrons. The number of rotatable bonds is 3. The molecular weight excluding hydrogens is 364 g/mol. The number of aryl methyl sites for hydroxylation is 3. The van der Waals surface area contributed by atoms with Crippen molar-refractivity contribution in [2.75, 3.05) is 13.1 Å². The Morgan fingerprint density at radius 1 is 1.10 bits per heavy atom. The number of nitrogens with zero attached hydrogens (tertiary/aromatic N) is 3. The lowest BCUT2D eigenvalue weighted by molar-refractivity contribution is -0.120. The van der Waals surface area contributed by atoms with Crippen LogP contribution in [0.25, 0.3) is 0 Å². The molecule has 152 valence electrons. The average molecular weight is 393 g/mol. The molecule has 2 amide bonds. The summed E-state index contributed by atoms with van der Waals surface area (Å²) in [5, 5.41) is 1.62. The number of aromatic nitrogens is 1. The maximum absolute atomic E-state index is 13.4. The Bertz CT molecular complexity index is 937. The first-order valence-corrected chi connectivity index (χ1v) is 10.2. The Morgan fingerprint density at radius 2 is 1.86 bits per heavy atom. The van der Waals surface area contributed by atoms with Crippen LogP contribution in [0.4, 0.5) is 0 Å². The molecule has 2 fully saturated rings. The molecule has 3 heterocycles. The molecule has 1 aromatic heterocycles. The van der Waals surface area contributed by atoms with Crippen LogP contribution in [-0.4, -0.2) is 45.3 Å². The molecule has 6 nitrogen and oxygen atoms in total. The van der Waals surface area contributed by atoms with Gasteiger partial charge >= 0.3 is 0 Å². The normalized spacial score (nSPS) is 22.2. The quantitative estimate of drug-likeness (QED) is 0.872. The Morgan fingerprint density at radius 3 is 2.59 bits per heavy atom. The first-order valence-electron chi connectivity index (χ1n) is 10.2. The van der Waals surface area contributed by atoms with Gasteiger partial charge in [0.25, 0.3) is 5.91 Å². The van der Waals surface area contributed by atoms with Gasteiger partial charge in [-0.05, 0) is 63.4 Å². The molecule has 1 aromatic carbocycles. The van der Waals surface area contributed by atoms with Crippen molar-refractivity contribution in [3.8, 4) is 0 Å². The van der Waals surface area contributed by atoms with E-state index in [1.54, 1.807) is 5.01 Å². The Labute approximate surface area is 171 Å². The highest BCUT2D eigenvalue weighted by Crippen LogP contribution is 2.35. The molecule has 0 aliphatic carbocycles. The van der Waals surface area contributed by atoms with Crippen molar-refractivity contribution >= 4 is 11.8 Å². The fourth-order valence-corrected chi connectivity index (χ4v) is 4.78. The molecule has 2 aliphatic rings. The number of hydrogen-bond acceptors (Lipinski definition) is 4. The lowest BCUT2D eigenvalue weighted by atomic mass is 9.85. The molecular formula is C23H28N4O2. The summed E-state index contributed by atoms with van der Waals surface area (Å²) >= 11 is 0. The molecule has 0 saturated carbocycles. The van der Waals surface area contributed by atoms with Crippen molar-refractivity contribution in [3.63, 3.8) is 0 Å². The SMILES string of the molecule is Cc1cncc(CN2CCCC3(CC(=O)NN3C(=O)c3cc(C)cc(C)c3)C2)c1. The highest BCUT2D eigenvalue weighted by Gasteiger charge is 2.50. The summed E-state index contributed by atoms with van der Waals surface area (Å²) in [5.74, 6) is -0.205. The van der Waals surface area contributed by atoms with Crippen LogP contribution in [0.15, 0.2) is 36.7 Å². The topological polar surface area (TPSA) is 65.5 Å². The van der Waals surface area contributed by atoms with Gasteiger partial charge in [-0.3, -0.25) is 24.9 Å². The first kappa shape index (κ1) is 19.6. The number of hydrogen-bond donors (Lipinski definition) is 1. The van der Waals surface area contributed by atoms with Crippen LogP contribution in [-0.2, 0) is 11.3 Å². The average Bonchev–Trinajstić information content (AvgIpc) is 2.95. The van der Waals surface area contributed by atoms with E-state index in [2.05, 4.69) is 21.4 Å². The molecule has 1 N–H and O–H groups in total. The van der Waals surface area contributed by atoms with Gasteiger partial charge in [-0.25, -0.2) is 5.01 Å². The minimum Gasteiger partial charge on any atom is -0.297 e. The lowest BCUT2D eigenvalue weighted by Crippen LogP contribution is -2.59. The standard InChI is InChI=1S/C23H28N4O2/c1-16-7-17(2)10-20(9-16)22(29)27-23(11-21(28)25-27)5-4-6-26(15-23)14-19-8-18(3)12-24-13-19/h7-10,12-13H,4-6,11,14-15H2,1-3H3,(H,25,28). The number of benzene rings is 1. The van der Waals surface area contributed by atoms with Gasteiger partial charge < -0.3 is 0 Å². The summed E-state index contributed by atoms with van der Waals surface area (Å²) in [6.07, 6.45) is 5.87. The molecule has 4 rings (SSSR count). The smallest absolute Gasteiger partial charge is 0.272 e. The maximum atomic E-state index is 13.4. The van der Waals surface area contributed by atoms with E-state index in [1.165, 1.54) is 0 Å². The maximum Gasteiger partial charge on any atom is 0.272 e. The van der Waals surface area contributed by atoms with Crippen LogP contribution in [0.2, 0.25) is 0 Å². The third-order valence-electron chi connectivity index (χ3n) is 5.84. The summed E-state index contributed by atoms with van der Waals surface area (Å²) in [6.45, 7) is 8.42. The van der Waals surface area contributed by atoms with Gasteiger partial charge in [-0.15, -0.1) is 0 Å². The van der Waals surface area contributed by atoms with Gasteiger partial charge in [0.2, 0.25) is 5.91 Å². The second-order valence-electron chi connectivity index (χ2n) is 8.64. The van der Waals surface area contributed by atoms with Gasteiger partial charge in [-0.2, -0.15) is 0 Å². The van der Waals surface area contributed by atoms with Crippen molar-refractivity contribution in [1.29, 1.82) is 0 Å². The summed E-state index contributed by atoms with van der Waals surface area (Å²) in [7, 11) is 0. The number of carbonyl (C=O) groups excluding carboxylic acids is 2. The molecule has 1 atom stereocenters. The Kier molecular flexibility index (Phi) is 5.13. The highest BCUT2D eigenvalue weighted by atomic mass is 16.2. The van der Waals surface area contributed by atoms with Crippen LogP contribution in [0.3, 0.4) is 0 Å². The fraction of sp³-hybridized carbons (Fsp3) is 0.435. The number of hydrazine groups is 1. The molecule has 29 heavy (non-hydrogen) atoms. The minimum absolute atomic E-state index is 0.0817. The van der Waals surface area contributed by atoms with Crippen LogP contribution in [0.1, 0.15) is 51.9 Å². The number of nitrogens with one attached hydrogen (secondary N) is 1. The van der Waals surface area contributed by atoms with Gasteiger partial charge in [0.1, 0.15) is 0 Å². The Hall–Kier alpha value is -2.73. The second kappa shape index (κ2) is 7.59. The summed E-state index contributed by atoms with van der Waals surface area (Å²) < 4.78 is 0. The van der Waals surface area contributed by atoms with E-state index >= 15 is 0 Å². The van der Waals surface area contributed by atoms with Crippen molar-refractivity contribution in [2.45, 2.75) is 52.1 Å². The van der Waals surface area contributed by atoms with E-state index in [0.29, 0.717) is 18.5 Å². The number of amides is 2. The zero-order valence-corrected chi connectivity index (χ0v) is 17.4. The monoisotopic (exact) mass is 392 g/mol. The van der Waals surface area contributed by atoms with Crippen LogP contribution in [0, 0.1) is 20.8 Å². The number of pyridine rings is 1. The zero-order chi connectivity index (χ0) is 20.6. The molecule has 2 saturated heterocycles. The van der Waals surface area contributed by atoms with Crippen molar-refractivity contribution in [2.24, 2.45) is 0 Å². The number of carbonyl (C=O) groups is 2. The third-order valence-corrected chi connectivity index (χ3v) is 5.84. The molecule has 0 bridgehead atoms. The van der Waals surface area contributed by atoms with Crippen molar-refractivity contribution in [3.05, 3.63) is 64.5 Å². The number of likely N-dealkylation sites (tertiary alicyclic amines) is 1. The molecule has 2 aliphatic heterocycles. The summed E-state index contributed by atoms with van der Waals surface area (Å²) in [6, 6.07) is 7.98. The van der Waals surface area contributed by atoms with Gasteiger partial charge in [0.15, 0.2) is 0 Å². The predicted molar refractivity (Wildman–Crippen MR) is 111 cm³/mol. The summed E-state index contributed by atoms with van der Waals surface area (Å²) in [4.78, 5) is 32.4.